The Kier molecular flexibility index (Phi) is 4.55. The highest BCUT2D eigenvalue weighted by Crippen LogP contribution is 2.19. The van der Waals surface area contributed by atoms with Crippen molar-refractivity contribution in [3.8, 4) is 0 Å². The molecule has 3 rings (SSSR count). The van der Waals surface area contributed by atoms with Crippen molar-refractivity contribution in [2.75, 3.05) is 18.4 Å². The van der Waals surface area contributed by atoms with Crippen LogP contribution in [0.15, 0.2) is 42.6 Å². The molecule has 1 aromatic carbocycles. The third-order valence-electron chi connectivity index (χ3n) is 4.17. The van der Waals surface area contributed by atoms with Gasteiger partial charge in [-0.15, -0.1) is 0 Å². The maximum Gasteiger partial charge on any atom is 0.272 e. The lowest BCUT2D eigenvalue weighted by Gasteiger charge is -2.30. The van der Waals surface area contributed by atoms with E-state index in [-0.39, 0.29) is 11.7 Å². The van der Waals surface area contributed by atoms with Gasteiger partial charge in [0.25, 0.3) is 5.91 Å². The maximum atomic E-state index is 13.2. The molecule has 1 aliphatic heterocycles. The summed E-state index contributed by atoms with van der Waals surface area (Å²) in [5.74, 6) is 0.369. The second kappa shape index (κ2) is 6.77. The van der Waals surface area contributed by atoms with Crippen LogP contribution in [0.4, 0.5) is 15.8 Å². The third kappa shape index (κ3) is 3.86. The topological polar surface area (TPSA) is 45.2 Å². The molecule has 1 saturated heterocycles. The second-order valence-electron chi connectivity index (χ2n) is 6.04. The average Bonchev–Trinajstić information content (AvgIpc) is 2.56. The predicted octanol–water partition coefficient (Wildman–Crippen LogP) is 3.84. The van der Waals surface area contributed by atoms with Gasteiger partial charge in [0.05, 0.1) is 11.9 Å². The zero-order chi connectivity index (χ0) is 16.2. The number of likely N-dealkylation sites (tertiary alicyclic amines) is 1. The number of amides is 1. The molecule has 23 heavy (non-hydrogen) atoms. The number of benzene rings is 1. The third-order valence-corrected chi connectivity index (χ3v) is 4.17. The van der Waals surface area contributed by atoms with Gasteiger partial charge in [0.1, 0.15) is 11.5 Å². The first-order valence-corrected chi connectivity index (χ1v) is 7.90. The van der Waals surface area contributed by atoms with E-state index < -0.39 is 0 Å². The van der Waals surface area contributed by atoms with Gasteiger partial charge >= 0.3 is 0 Å². The Morgan fingerprint density at radius 2 is 2.00 bits per heavy atom. The summed E-state index contributed by atoms with van der Waals surface area (Å²) >= 11 is 0. The van der Waals surface area contributed by atoms with E-state index in [0.717, 1.165) is 31.6 Å². The van der Waals surface area contributed by atoms with Gasteiger partial charge in [-0.1, -0.05) is 13.0 Å². The number of halogens is 1. The standard InChI is InChI=1S/C18H20FN3O/c1-13-7-9-22(10-8-13)18(23)17-6-5-16(12-20-17)21-15-4-2-3-14(19)11-15/h2-6,11-13,21H,7-10H2,1H3. The van der Waals surface area contributed by atoms with Crippen LogP contribution in [0.3, 0.4) is 0 Å². The number of aromatic nitrogens is 1. The van der Waals surface area contributed by atoms with E-state index in [0.29, 0.717) is 17.3 Å². The molecule has 0 radical (unpaired) electrons. The number of hydrogen-bond donors (Lipinski definition) is 1. The number of nitrogens with one attached hydrogen (secondary N) is 1. The summed E-state index contributed by atoms with van der Waals surface area (Å²) in [4.78, 5) is 18.5. The van der Waals surface area contributed by atoms with Gasteiger partial charge in [-0.3, -0.25) is 4.79 Å². The molecule has 0 aliphatic carbocycles. The highest BCUT2D eigenvalue weighted by Gasteiger charge is 2.22. The predicted molar refractivity (Wildman–Crippen MR) is 88.2 cm³/mol. The first kappa shape index (κ1) is 15.5. The Labute approximate surface area is 135 Å². The monoisotopic (exact) mass is 313 g/mol. The van der Waals surface area contributed by atoms with Crippen LogP contribution in [0.25, 0.3) is 0 Å². The molecule has 0 spiro atoms. The molecular formula is C18H20FN3O. The lowest BCUT2D eigenvalue weighted by atomic mass is 9.99. The number of anilines is 2. The summed E-state index contributed by atoms with van der Waals surface area (Å²) in [6, 6.07) is 9.72. The van der Waals surface area contributed by atoms with Crippen molar-refractivity contribution < 1.29 is 9.18 Å². The quantitative estimate of drug-likeness (QED) is 0.936. The van der Waals surface area contributed by atoms with Gasteiger partial charge in [-0.2, -0.15) is 0 Å². The van der Waals surface area contributed by atoms with Crippen LogP contribution in [0.2, 0.25) is 0 Å². The number of nitrogens with zero attached hydrogens (tertiary/aromatic N) is 2. The Hall–Kier alpha value is -2.43. The number of piperidine rings is 1. The number of carbonyl (C=O) groups excluding carboxylic acids is 1. The summed E-state index contributed by atoms with van der Waals surface area (Å²) in [6.07, 6.45) is 3.70. The second-order valence-corrected chi connectivity index (χ2v) is 6.04. The summed E-state index contributed by atoms with van der Waals surface area (Å²) in [7, 11) is 0. The van der Waals surface area contributed by atoms with Crippen LogP contribution in [0, 0.1) is 11.7 Å². The number of hydrogen-bond acceptors (Lipinski definition) is 3. The molecule has 2 heterocycles. The molecule has 0 unspecified atom stereocenters. The minimum Gasteiger partial charge on any atom is -0.354 e. The molecule has 1 aliphatic rings. The summed E-state index contributed by atoms with van der Waals surface area (Å²) in [5.41, 5.74) is 1.82. The zero-order valence-corrected chi connectivity index (χ0v) is 13.1. The van der Waals surface area contributed by atoms with Crippen molar-refractivity contribution in [2.45, 2.75) is 19.8 Å². The van der Waals surface area contributed by atoms with Crippen molar-refractivity contribution in [2.24, 2.45) is 5.92 Å². The SMILES string of the molecule is CC1CCN(C(=O)c2ccc(Nc3cccc(F)c3)cn2)CC1. The van der Waals surface area contributed by atoms with E-state index in [4.69, 9.17) is 0 Å². The first-order valence-electron chi connectivity index (χ1n) is 7.90. The van der Waals surface area contributed by atoms with Crippen molar-refractivity contribution in [1.82, 2.24) is 9.88 Å². The number of rotatable bonds is 3. The highest BCUT2D eigenvalue weighted by molar-refractivity contribution is 5.92. The van der Waals surface area contributed by atoms with Gasteiger partial charge in [0.15, 0.2) is 0 Å². The van der Waals surface area contributed by atoms with Crippen LogP contribution < -0.4 is 5.32 Å². The smallest absolute Gasteiger partial charge is 0.272 e. The normalized spacial score (nSPS) is 15.5. The van der Waals surface area contributed by atoms with Gasteiger partial charge in [-0.25, -0.2) is 9.37 Å². The molecule has 0 bridgehead atoms. The Morgan fingerprint density at radius 1 is 1.22 bits per heavy atom. The van der Waals surface area contributed by atoms with Gasteiger partial charge in [0, 0.05) is 18.8 Å². The first-order chi connectivity index (χ1) is 11.1. The summed E-state index contributed by atoms with van der Waals surface area (Å²) in [6.45, 7) is 3.81. The molecule has 1 N–H and O–H groups in total. The van der Waals surface area contributed by atoms with E-state index in [2.05, 4.69) is 17.2 Å². The molecule has 1 fully saturated rings. The zero-order valence-electron chi connectivity index (χ0n) is 13.1. The Balaban J connectivity index is 1.66. The molecule has 1 amide bonds. The number of carbonyl (C=O) groups is 1. The molecule has 5 heteroatoms. The van der Waals surface area contributed by atoms with Crippen molar-refractivity contribution >= 4 is 17.3 Å². The largest absolute Gasteiger partial charge is 0.354 e. The van der Waals surface area contributed by atoms with Crippen LogP contribution in [0.1, 0.15) is 30.3 Å². The molecule has 0 saturated carbocycles. The lowest BCUT2D eigenvalue weighted by Crippen LogP contribution is -2.38. The van der Waals surface area contributed by atoms with Crippen molar-refractivity contribution in [3.05, 3.63) is 54.1 Å². The lowest BCUT2D eigenvalue weighted by molar-refractivity contribution is 0.0691. The fraction of sp³-hybridized carbons (Fsp3) is 0.333. The molecule has 1 aromatic heterocycles. The highest BCUT2D eigenvalue weighted by atomic mass is 19.1. The number of pyridine rings is 1. The van der Waals surface area contributed by atoms with Gasteiger partial charge < -0.3 is 10.2 Å². The van der Waals surface area contributed by atoms with Crippen LogP contribution >= 0.6 is 0 Å². The van der Waals surface area contributed by atoms with E-state index in [1.165, 1.54) is 12.1 Å². The van der Waals surface area contributed by atoms with Crippen molar-refractivity contribution in [1.29, 1.82) is 0 Å². The fourth-order valence-electron chi connectivity index (χ4n) is 2.70. The van der Waals surface area contributed by atoms with Crippen LogP contribution in [-0.4, -0.2) is 28.9 Å². The Morgan fingerprint density at radius 3 is 2.65 bits per heavy atom. The minimum absolute atomic E-state index is 0.0193. The van der Waals surface area contributed by atoms with Crippen LogP contribution in [-0.2, 0) is 0 Å². The molecule has 2 aromatic rings. The van der Waals surface area contributed by atoms with Gasteiger partial charge in [-0.05, 0) is 49.1 Å². The van der Waals surface area contributed by atoms with E-state index in [1.54, 1.807) is 30.5 Å². The molecule has 4 nitrogen and oxygen atoms in total. The average molecular weight is 313 g/mol. The van der Waals surface area contributed by atoms with Crippen molar-refractivity contribution in [3.63, 3.8) is 0 Å². The van der Waals surface area contributed by atoms with E-state index in [9.17, 15) is 9.18 Å². The van der Waals surface area contributed by atoms with E-state index >= 15 is 0 Å². The minimum atomic E-state index is -0.297. The summed E-state index contributed by atoms with van der Waals surface area (Å²) < 4.78 is 13.2. The molecule has 0 atom stereocenters. The Bertz CT molecular complexity index is 679. The van der Waals surface area contributed by atoms with Crippen LogP contribution in [0.5, 0.6) is 0 Å². The maximum absolute atomic E-state index is 13.2. The molecule has 120 valence electrons. The van der Waals surface area contributed by atoms with E-state index in [1.807, 2.05) is 4.90 Å². The summed E-state index contributed by atoms with van der Waals surface area (Å²) in [5, 5.41) is 3.07. The van der Waals surface area contributed by atoms with Gasteiger partial charge in [0.2, 0.25) is 0 Å². The fourth-order valence-corrected chi connectivity index (χ4v) is 2.70. The molecular weight excluding hydrogens is 293 g/mol.